The molecule has 0 spiro atoms. The maximum absolute atomic E-state index is 12.7. The topological polar surface area (TPSA) is 67.2 Å². The lowest BCUT2D eigenvalue weighted by Crippen LogP contribution is -2.47. The number of amides is 2. The van der Waals surface area contributed by atoms with Crippen molar-refractivity contribution in [2.45, 2.75) is 53.6 Å². The van der Waals surface area contributed by atoms with E-state index < -0.39 is 0 Å². The number of hydrogen-bond acceptors (Lipinski definition) is 3. The van der Waals surface area contributed by atoms with Crippen LogP contribution in [-0.2, 0) is 11.3 Å². The maximum Gasteiger partial charge on any atom is 0.254 e. The summed E-state index contributed by atoms with van der Waals surface area (Å²) < 4.78 is 1.95. The van der Waals surface area contributed by atoms with Gasteiger partial charge in [-0.2, -0.15) is 5.10 Å². The maximum atomic E-state index is 12.7. The van der Waals surface area contributed by atoms with Gasteiger partial charge >= 0.3 is 0 Å². The smallest absolute Gasteiger partial charge is 0.254 e. The van der Waals surface area contributed by atoms with Crippen molar-refractivity contribution in [1.29, 1.82) is 0 Å². The van der Waals surface area contributed by atoms with Crippen molar-refractivity contribution in [2.24, 2.45) is 0 Å². The molecule has 146 valence electrons. The molecule has 6 nitrogen and oxygen atoms in total. The predicted octanol–water partition coefficient (Wildman–Crippen LogP) is 2.93. The lowest BCUT2D eigenvalue weighted by atomic mass is 10.1. The molecule has 0 saturated carbocycles. The highest BCUT2D eigenvalue weighted by Gasteiger charge is 2.20. The van der Waals surface area contributed by atoms with Crippen molar-refractivity contribution < 1.29 is 9.59 Å². The van der Waals surface area contributed by atoms with Gasteiger partial charge in [0.25, 0.3) is 5.91 Å². The van der Waals surface area contributed by atoms with Gasteiger partial charge in [-0.1, -0.05) is 12.1 Å². The quantitative estimate of drug-likeness (QED) is 0.850. The number of likely N-dealkylation sites (N-methyl/N-ethyl adjacent to an activating group) is 1. The lowest BCUT2D eigenvalue weighted by molar-refractivity contribution is -0.123. The Kier molecular flexibility index (Phi) is 6.41. The third-order valence-electron chi connectivity index (χ3n) is 4.15. The van der Waals surface area contributed by atoms with E-state index in [9.17, 15) is 9.59 Å². The molecule has 0 bridgehead atoms. The zero-order chi connectivity index (χ0) is 20.2. The van der Waals surface area contributed by atoms with E-state index in [-0.39, 0.29) is 23.9 Å². The largest absolute Gasteiger partial charge is 0.350 e. The Morgan fingerprint density at radius 2 is 1.78 bits per heavy atom. The Labute approximate surface area is 161 Å². The minimum absolute atomic E-state index is 0.0557. The second-order valence-electron chi connectivity index (χ2n) is 7.90. The Morgan fingerprint density at radius 3 is 2.26 bits per heavy atom. The van der Waals surface area contributed by atoms with E-state index >= 15 is 0 Å². The van der Waals surface area contributed by atoms with Crippen LogP contribution >= 0.6 is 0 Å². The molecule has 1 N–H and O–H groups in total. The molecule has 0 atom stereocenters. The zero-order valence-electron chi connectivity index (χ0n) is 17.2. The normalized spacial score (nSPS) is 11.3. The van der Waals surface area contributed by atoms with Gasteiger partial charge in [0.05, 0.1) is 18.8 Å². The molecular weight excluding hydrogens is 340 g/mol. The molecule has 2 rings (SSSR count). The number of carbonyl (C=O) groups excluding carboxylic acids is 2. The Hall–Kier alpha value is -2.63. The number of carbonyl (C=O) groups is 2. The van der Waals surface area contributed by atoms with Crippen LogP contribution in [0.15, 0.2) is 30.3 Å². The van der Waals surface area contributed by atoms with E-state index in [0.29, 0.717) is 18.7 Å². The first kappa shape index (κ1) is 20.7. The van der Waals surface area contributed by atoms with E-state index in [0.717, 1.165) is 17.0 Å². The molecule has 2 amide bonds. The van der Waals surface area contributed by atoms with E-state index in [4.69, 9.17) is 0 Å². The van der Waals surface area contributed by atoms with Gasteiger partial charge in [0, 0.05) is 23.3 Å². The molecule has 1 aromatic heterocycles. The van der Waals surface area contributed by atoms with Gasteiger partial charge in [0.15, 0.2) is 0 Å². The van der Waals surface area contributed by atoms with Crippen LogP contribution in [0.1, 0.15) is 55.0 Å². The van der Waals surface area contributed by atoms with Crippen molar-refractivity contribution in [2.75, 3.05) is 13.1 Å². The molecule has 0 radical (unpaired) electrons. The first-order valence-electron chi connectivity index (χ1n) is 9.29. The van der Waals surface area contributed by atoms with Gasteiger partial charge in [0.1, 0.15) is 0 Å². The Morgan fingerprint density at radius 1 is 1.15 bits per heavy atom. The van der Waals surface area contributed by atoms with Crippen LogP contribution in [-0.4, -0.2) is 45.1 Å². The van der Waals surface area contributed by atoms with Crippen molar-refractivity contribution in [3.8, 4) is 0 Å². The van der Waals surface area contributed by atoms with E-state index in [2.05, 4.69) is 10.4 Å². The second-order valence-corrected chi connectivity index (χ2v) is 7.90. The summed E-state index contributed by atoms with van der Waals surface area (Å²) in [4.78, 5) is 26.4. The molecule has 6 heteroatoms. The average Bonchev–Trinajstić information content (AvgIpc) is 2.88. The van der Waals surface area contributed by atoms with Crippen LogP contribution in [0.3, 0.4) is 0 Å². The van der Waals surface area contributed by atoms with E-state index in [1.165, 1.54) is 0 Å². The number of aryl methyl sites for hydroxylation is 2. The van der Waals surface area contributed by atoms with Crippen LogP contribution in [0.2, 0.25) is 0 Å². The van der Waals surface area contributed by atoms with Crippen molar-refractivity contribution in [3.05, 3.63) is 52.8 Å². The number of aromatic nitrogens is 2. The molecule has 0 aliphatic carbocycles. The van der Waals surface area contributed by atoms with Crippen LogP contribution in [0.25, 0.3) is 0 Å². The third kappa shape index (κ3) is 5.94. The summed E-state index contributed by atoms with van der Waals surface area (Å²) in [5, 5.41) is 7.35. The summed E-state index contributed by atoms with van der Waals surface area (Å²) in [6, 6.07) is 9.54. The highest BCUT2D eigenvalue weighted by Crippen LogP contribution is 2.11. The molecule has 0 unspecified atom stereocenters. The van der Waals surface area contributed by atoms with Gasteiger partial charge in [0.2, 0.25) is 5.91 Å². The fraction of sp³-hybridized carbons (Fsp3) is 0.476. The molecular formula is C21H30N4O2. The number of rotatable bonds is 6. The fourth-order valence-electron chi connectivity index (χ4n) is 2.90. The van der Waals surface area contributed by atoms with Crippen LogP contribution in [0.4, 0.5) is 0 Å². The van der Waals surface area contributed by atoms with Crippen LogP contribution < -0.4 is 5.32 Å². The standard InChI is InChI=1S/C21H30N4O2/c1-7-24(14-19(26)22-21(4,5)6)20(27)18-10-8-17(9-11-18)13-25-16(3)12-15(2)23-25/h8-12H,7,13-14H2,1-6H3,(H,22,26). The molecule has 0 fully saturated rings. The molecule has 27 heavy (non-hydrogen) atoms. The molecule has 0 aliphatic heterocycles. The SMILES string of the molecule is CCN(CC(=O)NC(C)(C)C)C(=O)c1ccc(Cn2nc(C)cc2C)cc1. The van der Waals surface area contributed by atoms with Crippen LogP contribution in [0, 0.1) is 13.8 Å². The van der Waals surface area contributed by atoms with Crippen LogP contribution in [0.5, 0.6) is 0 Å². The summed E-state index contributed by atoms with van der Waals surface area (Å²) in [6.07, 6.45) is 0. The Bertz CT molecular complexity index is 801. The predicted molar refractivity (Wildman–Crippen MR) is 107 cm³/mol. The first-order valence-corrected chi connectivity index (χ1v) is 9.29. The van der Waals surface area contributed by atoms with Gasteiger partial charge in [-0.05, 0) is 65.3 Å². The summed E-state index contributed by atoms with van der Waals surface area (Å²) in [7, 11) is 0. The number of nitrogens with one attached hydrogen (secondary N) is 1. The second kappa shape index (κ2) is 8.37. The number of benzene rings is 1. The van der Waals surface area contributed by atoms with Crippen molar-refractivity contribution >= 4 is 11.8 Å². The van der Waals surface area contributed by atoms with Gasteiger partial charge < -0.3 is 10.2 Å². The van der Waals surface area contributed by atoms with Gasteiger partial charge in [-0.3, -0.25) is 14.3 Å². The van der Waals surface area contributed by atoms with Crippen molar-refractivity contribution in [3.63, 3.8) is 0 Å². The molecule has 0 aliphatic rings. The zero-order valence-corrected chi connectivity index (χ0v) is 17.2. The monoisotopic (exact) mass is 370 g/mol. The number of hydrogen-bond donors (Lipinski definition) is 1. The molecule has 0 saturated heterocycles. The van der Waals surface area contributed by atoms with E-state index in [1.54, 1.807) is 4.90 Å². The van der Waals surface area contributed by atoms with Crippen molar-refractivity contribution in [1.82, 2.24) is 20.0 Å². The Balaban J connectivity index is 2.04. The molecule has 1 heterocycles. The summed E-state index contributed by atoms with van der Waals surface area (Å²) in [5.41, 5.74) is 3.44. The fourth-order valence-corrected chi connectivity index (χ4v) is 2.90. The summed E-state index contributed by atoms with van der Waals surface area (Å²) >= 11 is 0. The van der Waals surface area contributed by atoms with Gasteiger partial charge in [-0.15, -0.1) is 0 Å². The van der Waals surface area contributed by atoms with E-state index in [1.807, 2.05) is 76.6 Å². The van der Waals surface area contributed by atoms with Gasteiger partial charge in [-0.25, -0.2) is 0 Å². The molecule has 1 aromatic carbocycles. The average molecular weight is 370 g/mol. The lowest BCUT2D eigenvalue weighted by Gasteiger charge is -2.25. The third-order valence-corrected chi connectivity index (χ3v) is 4.15. The highest BCUT2D eigenvalue weighted by molar-refractivity contribution is 5.96. The summed E-state index contributed by atoms with van der Waals surface area (Å²) in [6.45, 7) is 12.8. The minimum atomic E-state index is -0.315. The minimum Gasteiger partial charge on any atom is -0.350 e. The highest BCUT2D eigenvalue weighted by atomic mass is 16.2. The molecule has 2 aromatic rings. The first-order chi connectivity index (χ1) is 12.6. The number of nitrogens with zero attached hydrogens (tertiary/aromatic N) is 3. The summed E-state index contributed by atoms with van der Waals surface area (Å²) in [5.74, 6) is -0.293.